The number of hydrogen-bond acceptors (Lipinski definition) is 4. The first-order chi connectivity index (χ1) is 16.6. The van der Waals surface area contributed by atoms with Gasteiger partial charge in [0.15, 0.2) is 0 Å². The van der Waals surface area contributed by atoms with E-state index < -0.39 is 10.0 Å². The summed E-state index contributed by atoms with van der Waals surface area (Å²) in [4.78, 5) is 10.0. The van der Waals surface area contributed by atoms with E-state index in [0.717, 1.165) is 53.8 Å². The Labute approximate surface area is 201 Å². The van der Waals surface area contributed by atoms with Gasteiger partial charge in [0.05, 0.1) is 4.90 Å². The Kier molecular flexibility index (Phi) is 6.65. The van der Waals surface area contributed by atoms with Crippen molar-refractivity contribution in [2.45, 2.75) is 30.6 Å². The maximum Gasteiger partial charge on any atom is 0.243 e. The number of aromatic amines is 1. The zero-order valence-corrected chi connectivity index (χ0v) is 20.0. The Morgan fingerprint density at radius 1 is 0.765 bits per heavy atom. The van der Waals surface area contributed by atoms with Gasteiger partial charge >= 0.3 is 0 Å². The second-order valence-corrected chi connectivity index (χ2v) is 10.7. The number of sulfonamides is 1. The number of para-hydroxylation sites is 1. The third-order valence-electron chi connectivity index (χ3n) is 6.50. The number of fused-ring (bicyclic) bond motifs is 1. The smallest absolute Gasteiger partial charge is 0.243 e. The molecule has 2 aromatic heterocycles. The highest BCUT2D eigenvalue weighted by molar-refractivity contribution is 7.89. The summed E-state index contributed by atoms with van der Waals surface area (Å²) in [5.74, 6) is 0. The molecular weight excluding hydrogens is 444 g/mol. The van der Waals surface area contributed by atoms with E-state index in [1.807, 2.05) is 42.5 Å². The molecular formula is C27H30N4O2S. The van der Waals surface area contributed by atoms with Crippen LogP contribution in [0.25, 0.3) is 22.2 Å². The molecule has 0 spiro atoms. The van der Waals surface area contributed by atoms with E-state index in [2.05, 4.69) is 33.1 Å². The fraction of sp³-hybridized carbons (Fsp3) is 0.296. The fourth-order valence-electron chi connectivity index (χ4n) is 4.73. The number of anilines is 1. The largest absolute Gasteiger partial charge is 0.371 e. The highest BCUT2D eigenvalue weighted by Crippen LogP contribution is 2.36. The first-order valence-electron chi connectivity index (χ1n) is 12.0. The second-order valence-electron chi connectivity index (χ2n) is 8.78. The SMILES string of the molecule is O=S(=O)(c1ccc(N2CCCC2)c(-c2cc3ccccc3[nH]2)c1)N1CCCC1.c1ccncc1. The minimum absolute atomic E-state index is 0.394. The monoisotopic (exact) mass is 474 g/mol. The van der Waals surface area contributed by atoms with E-state index in [4.69, 9.17) is 0 Å². The molecule has 4 heterocycles. The Bertz CT molecular complexity index is 1280. The average Bonchev–Trinajstić information content (AvgIpc) is 3.67. The molecule has 0 aliphatic carbocycles. The first-order valence-corrected chi connectivity index (χ1v) is 13.4. The van der Waals surface area contributed by atoms with Gasteiger partial charge in [-0.3, -0.25) is 4.98 Å². The number of nitrogens with one attached hydrogen (secondary N) is 1. The van der Waals surface area contributed by atoms with Crippen molar-refractivity contribution in [3.8, 4) is 11.3 Å². The molecule has 6 nitrogen and oxygen atoms in total. The van der Waals surface area contributed by atoms with Gasteiger partial charge in [0.25, 0.3) is 0 Å². The predicted molar refractivity (Wildman–Crippen MR) is 137 cm³/mol. The third kappa shape index (κ3) is 4.72. The molecule has 2 aromatic carbocycles. The van der Waals surface area contributed by atoms with Crippen LogP contribution in [0.2, 0.25) is 0 Å². The minimum atomic E-state index is -3.44. The van der Waals surface area contributed by atoms with Crippen molar-refractivity contribution in [1.82, 2.24) is 14.3 Å². The molecule has 6 rings (SSSR count). The van der Waals surface area contributed by atoms with E-state index in [1.165, 1.54) is 12.8 Å². The van der Waals surface area contributed by atoms with Gasteiger partial charge in [0.2, 0.25) is 10.0 Å². The van der Waals surface area contributed by atoms with Crippen LogP contribution in [0.1, 0.15) is 25.7 Å². The number of nitrogens with zero attached hydrogens (tertiary/aromatic N) is 3. The molecule has 0 atom stereocenters. The molecule has 4 aromatic rings. The van der Waals surface area contributed by atoms with Crippen LogP contribution in [0.15, 0.2) is 84.0 Å². The predicted octanol–water partition coefficient (Wildman–Crippen LogP) is 5.30. The lowest BCUT2D eigenvalue weighted by atomic mass is 10.1. The first kappa shape index (κ1) is 22.6. The third-order valence-corrected chi connectivity index (χ3v) is 8.40. The average molecular weight is 475 g/mol. The molecule has 0 radical (unpaired) electrons. The number of aromatic nitrogens is 2. The molecule has 176 valence electrons. The topological polar surface area (TPSA) is 69.3 Å². The van der Waals surface area contributed by atoms with E-state index >= 15 is 0 Å². The molecule has 2 saturated heterocycles. The highest BCUT2D eigenvalue weighted by Gasteiger charge is 2.29. The van der Waals surface area contributed by atoms with Crippen molar-refractivity contribution in [3.63, 3.8) is 0 Å². The highest BCUT2D eigenvalue weighted by atomic mass is 32.2. The van der Waals surface area contributed by atoms with Crippen molar-refractivity contribution < 1.29 is 8.42 Å². The van der Waals surface area contributed by atoms with Gasteiger partial charge in [-0.05, 0) is 68.1 Å². The van der Waals surface area contributed by atoms with E-state index in [-0.39, 0.29) is 0 Å². The molecule has 2 fully saturated rings. The number of hydrogen-bond donors (Lipinski definition) is 1. The molecule has 0 unspecified atom stereocenters. The summed E-state index contributed by atoms with van der Waals surface area (Å²) in [5.41, 5.74) is 4.13. The molecule has 34 heavy (non-hydrogen) atoms. The lowest BCUT2D eigenvalue weighted by molar-refractivity contribution is 0.477. The molecule has 2 aliphatic heterocycles. The molecule has 7 heteroatoms. The lowest BCUT2D eigenvalue weighted by Gasteiger charge is -2.23. The van der Waals surface area contributed by atoms with Crippen LogP contribution in [-0.4, -0.2) is 48.9 Å². The zero-order chi connectivity index (χ0) is 23.4. The number of H-pyrrole nitrogens is 1. The van der Waals surface area contributed by atoms with Crippen molar-refractivity contribution >= 4 is 26.6 Å². The zero-order valence-electron chi connectivity index (χ0n) is 19.2. The maximum atomic E-state index is 13.1. The number of benzene rings is 2. The van der Waals surface area contributed by atoms with Gasteiger partial charge in [-0.2, -0.15) is 4.31 Å². The number of rotatable bonds is 4. The van der Waals surface area contributed by atoms with Crippen molar-refractivity contribution in [1.29, 1.82) is 0 Å². The summed E-state index contributed by atoms with van der Waals surface area (Å²) in [6, 6.07) is 21.7. The second kappa shape index (κ2) is 9.99. The van der Waals surface area contributed by atoms with Crippen LogP contribution in [0.3, 0.4) is 0 Å². The van der Waals surface area contributed by atoms with Gasteiger partial charge in [-0.25, -0.2) is 8.42 Å². The lowest BCUT2D eigenvalue weighted by Crippen LogP contribution is -2.28. The summed E-state index contributed by atoms with van der Waals surface area (Å²) in [7, 11) is -3.44. The van der Waals surface area contributed by atoms with Crippen LogP contribution in [0.4, 0.5) is 5.69 Å². The molecule has 2 aliphatic rings. The van der Waals surface area contributed by atoms with E-state index in [1.54, 1.807) is 22.8 Å². The number of pyridine rings is 1. The van der Waals surface area contributed by atoms with Crippen LogP contribution < -0.4 is 4.90 Å². The van der Waals surface area contributed by atoms with Gasteiger partial charge in [-0.1, -0.05) is 24.3 Å². The standard InChI is InChI=1S/C22H25N3O2S.C5H5N/c26-28(27,25-13-5-6-14-25)18-9-10-22(24-11-3-4-12-24)19(16-18)21-15-17-7-1-2-8-20(17)23-21;1-2-4-6-5-3-1/h1-2,7-10,15-16,23H,3-6,11-14H2;1-5H. The molecule has 0 bridgehead atoms. The van der Waals surface area contributed by atoms with E-state index in [0.29, 0.717) is 18.0 Å². The van der Waals surface area contributed by atoms with Crippen LogP contribution in [0, 0.1) is 0 Å². The minimum Gasteiger partial charge on any atom is -0.371 e. The molecule has 0 amide bonds. The Morgan fingerprint density at radius 3 is 2.12 bits per heavy atom. The van der Waals surface area contributed by atoms with Crippen LogP contribution in [0.5, 0.6) is 0 Å². The summed E-state index contributed by atoms with van der Waals surface area (Å²) < 4.78 is 27.9. The van der Waals surface area contributed by atoms with Crippen molar-refractivity contribution in [3.05, 3.63) is 79.1 Å². The quantitative estimate of drug-likeness (QED) is 0.436. The van der Waals surface area contributed by atoms with Crippen LogP contribution in [-0.2, 0) is 10.0 Å². The molecule has 0 saturated carbocycles. The van der Waals surface area contributed by atoms with Gasteiger partial charge < -0.3 is 9.88 Å². The fourth-order valence-corrected chi connectivity index (χ4v) is 6.28. The van der Waals surface area contributed by atoms with Crippen molar-refractivity contribution in [2.75, 3.05) is 31.1 Å². The summed E-state index contributed by atoms with van der Waals surface area (Å²) in [6.45, 7) is 3.28. The summed E-state index contributed by atoms with van der Waals surface area (Å²) in [5, 5.41) is 1.14. The van der Waals surface area contributed by atoms with Gasteiger partial charge in [0, 0.05) is 66.4 Å². The van der Waals surface area contributed by atoms with Gasteiger partial charge in [-0.15, -0.1) is 0 Å². The maximum absolute atomic E-state index is 13.1. The Hall–Kier alpha value is -3.16. The van der Waals surface area contributed by atoms with Crippen LogP contribution >= 0.6 is 0 Å². The summed E-state index contributed by atoms with van der Waals surface area (Å²) in [6.07, 6.45) is 7.75. The van der Waals surface area contributed by atoms with E-state index in [9.17, 15) is 8.42 Å². The normalized spacial score (nSPS) is 16.5. The van der Waals surface area contributed by atoms with Gasteiger partial charge in [0.1, 0.15) is 0 Å². The van der Waals surface area contributed by atoms with Crippen molar-refractivity contribution in [2.24, 2.45) is 0 Å². The molecule has 1 N–H and O–H groups in total. The summed E-state index contributed by atoms with van der Waals surface area (Å²) >= 11 is 0. The Morgan fingerprint density at radius 2 is 1.47 bits per heavy atom. The Balaban J connectivity index is 0.000000351.